The van der Waals surface area contributed by atoms with Crippen LogP contribution in [0.25, 0.3) is 0 Å². The van der Waals surface area contributed by atoms with Gasteiger partial charge in [0.25, 0.3) is 5.91 Å². The van der Waals surface area contributed by atoms with Crippen LogP contribution in [-0.4, -0.2) is 43.9 Å². The summed E-state index contributed by atoms with van der Waals surface area (Å²) in [6.45, 7) is 0.300. The van der Waals surface area contributed by atoms with Gasteiger partial charge >= 0.3 is 5.97 Å². The van der Waals surface area contributed by atoms with E-state index in [-0.39, 0.29) is 18.3 Å². The highest BCUT2D eigenvalue weighted by Gasteiger charge is 2.17. The number of amides is 1. The number of nitrogens with zero attached hydrogens (tertiary/aromatic N) is 2. The standard InChI is InChI=1S/C20H24N4O4/c1-24(2)19(26)17-11-16(9-6-14(17)10-18(25)27-3)28-12-13-4-7-15(8-5-13)23-20(21)22/h4-9,11H,10,12H2,1-3H3,(H4,21,22,23). The van der Waals surface area contributed by atoms with Crippen LogP contribution in [0.1, 0.15) is 21.5 Å². The van der Waals surface area contributed by atoms with Crippen LogP contribution in [-0.2, 0) is 22.6 Å². The summed E-state index contributed by atoms with van der Waals surface area (Å²) in [5.74, 6) is -0.116. The number of carbonyl (C=O) groups is 2. The van der Waals surface area contributed by atoms with Crippen molar-refractivity contribution in [3.63, 3.8) is 0 Å². The molecule has 2 rings (SSSR count). The van der Waals surface area contributed by atoms with Gasteiger partial charge in [-0.15, -0.1) is 0 Å². The molecule has 2 aromatic rings. The first kappa shape index (κ1) is 20.8. The zero-order valence-corrected chi connectivity index (χ0v) is 16.1. The number of nitrogens with two attached hydrogens (primary N) is 2. The molecule has 0 aliphatic rings. The molecular weight excluding hydrogens is 360 g/mol. The van der Waals surface area contributed by atoms with Gasteiger partial charge in [0, 0.05) is 19.7 Å². The number of hydrogen-bond acceptors (Lipinski definition) is 5. The Morgan fingerprint density at radius 2 is 1.75 bits per heavy atom. The Kier molecular flexibility index (Phi) is 6.97. The van der Waals surface area contributed by atoms with E-state index in [2.05, 4.69) is 4.99 Å². The molecular formula is C20H24N4O4. The highest BCUT2D eigenvalue weighted by Crippen LogP contribution is 2.22. The van der Waals surface area contributed by atoms with Crippen molar-refractivity contribution < 1.29 is 19.1 Å². The average Bonchev–Trinajstić information content (AvgIpc) is 2.67. The van der Waals surface area contributed by atoms with E-state index in [0.29, 0.717) is 29.2 Å². The van der Waals surface area contributed by atoms with E-state index in [4.69, 9.17) is 20.9 Å². The fourth-order valence-corrected chi connectivity index (χ4v) is 2.45. The summed E-state index contributed by atoms with van der Waals surface area (Å²) in [4.78, 5) is 29.5. The lowest BCUT2D eigenvalue weighted by molar-refractivity contribution is -0.139. The van der Waals surface area contributed by atoms with E-state index in [1.54, 1.807) is 44.4 Å². The Bertz CT molecular complexity index is 872. The maximum atomic E-state index is 12.5. The Balaban J connectivity index is 2.17. The molecule has 0 spiro atoms. The molecule has 2 aromatic carbocycles. The van der Waals surface area contributed by atoms with Crippen LogP contribution >= 0.6 is 0 Å². The summed E-state index contributed by atoms with van der Waals surface area (Å²) in [5.41, 5.74) is 13.2. The zero-order chi connectivity index (χ0) is 20.7. The number of ether oxygens (including phenoxy) is 2. The van der Waals surface area contributed by atoms with Gasteiger partial charge in [-0.25, -0.2) is 4.99 Å². The summed E-state index contributed by atoms with van der Waals surface area (Å²) in [5, 5.41) is 0. The summed E-state index contributed by atoms with van der Waals surface area (Å²) in [7, 11) is 4.61. The van der Waals surface area contributed by atoms with Crippen molar-refractivity contribution in [2.24, 2.45) is 16.5 Å². The van der Waals surface area contributed by atoms with Crippen molar-refractivity contribution in [2.45, 2.75) is 13.0 Å². The predicted molar refractivity (Wildman–Crippen MR) is 106 cm³/mol. The molecule has 0 saturated heterocycles. The number of methoxy groups -OCH3 is 1. The van der Waals surface area contributed by atoms with Crippen molar-refractivity contribution in [3.8, 4) is 5.75 Å². The van der Waals surface area contributed by atoms with E-state index in [0.717, 1.165) is 5.56 Å². The van der Waals surface area contributed by atoms with Gasteiger partial charge in [-0.2, -0.15) is 0 Å². The minimum atomic E-state index is -0.415. The number of guanidine groups is 1. The largest absolute Gasteiger partial charge is 0.489 e. The zero-order valence-electron chi connectivity index (χ0n) is 16.1. The Morgan fingerprint density at radius 1 is 1.07 bits per heavy atom. The van der Waals surface area contributed by atoms with Gasteiger partial charge in [-0.3, -0.25) is 9.59 Å². The molecule has 0 radical (unpaired) electrons. The third kappa shape index (κ3) is 5.73. The number of aliphatic imine (C=N–C) groups is 1. The van der Waals surface area contributed by atoms with E-state index >= 15 is 0 Å². The van der Waals surface area contributed by atoms with Crippen LogP contribution < -0.4 is 16.2 Å². The molecule has 4 N–H and O–H groups in total. The smallest absolute Gasteiger partial charge is 0.310 e. The Labute approximate surface area is 163 Å². The maximum Gasteiger partial charge on any atom is 0.310 e. The van der Waals surface area contributed by atoms with Crippen LogP contribution in [0.3, 0.4) is 0 Å². The normalized spacial score (nSPS) is 10.1. The topological polar surface area (TPSA) is 120 Å². The van der Waals surface area contributed by atoms with Crippen molar-refractivity contribution in [1.29, 1.82) is 0 Å². The maximum absolute atomic E-state index is 12.5. The van der Waals surface area contributed by atoms with Gasteiger partial charge < -0.3 is 25.8 Å². The molecule has 0 saturated carbocycles. The van der Waals surface area contributed by atoms with Crippen molar-refractivity contribution in [2.75, 3.05) is 21.2 Å². The van der Waals surface area contributed by atoms with Crippen molar-refractivity contribution >= 4 is 23.5 Å². The molecule has 0 aromatic heterocycles. The highest BCUT2D eigenvalue weighted by atomic mass is 16.5. The van der Waals surface area contributed by atoms with Gasteiger partial charge in [-0.1, -0.05) is 18.2 Å². The van der Waals surface area contributed by atoms with Crippen LogP contribution in [0.4, 0.5) is 5.69 Å². The van der Waals surface area contributed by atoms with E-state index in [1.807, 2.05) is 12.1 Å². The number of carbonyl (C=O) groups excluding carboxylic acids is 2. The fraction of sp³-hybridized carbons (Fsp3) is 0.250. The number of rotatable bonds is 7. The van der Waals surface area contributed by atoms with Crippen LogP contribution in [0.15, 0.2) is 47.5 Å². The molecule has 0 unspecified atom stereocenters. The molecule has 0 heterocycles. The lowest BCUT2D eigenvalue weighted by Gasteiger charge is -2.15. The summed E-state index contributed by atoms with van der Waals surface area (Å²) in [6, 6.07) is 12.3. The van der Waals surface area contributed by atoms with Crippen molar-refractivity contribution in [3.05, 3.63) is 59.2 Å². The van der Waals surface area contributed by atoms with Gasteiger partial charge in [0.15, 0.2) is 5.96 Å². The van der Waals surface area contributed by atoms with Crippen LogP contribution in [0.2, 0.25) is 0 Å². The van der Waals surface area contributed by atoms with Crippen LogP contribution in [0.5, 0.6) is 5.75 Å². The lowest BCUT2D eigenvalue weighted by Crippen LogP contribution is -2.23. The minimum absolute atomic E-state index is 0.00543. The van der Waals surface area contributed by atoms with Gasteiger partial charge in [0.05, 0.1) is 19.2 Å². The number of hydrogen-bond donors (Lipinski definition) is 2. The predicted octanol–water partition coefficient (Wildman–Crippen LogP) is 1.59. The van der Waals surface area contributed by atoms with E-state index < -0.39 is 5.97 Å². The molecule has 0 atom stereocenters. The Morgan fingerprint density at radius 3 is 2.32 bits per heavy atom. The second kappa shape index (κ2) is 9.40. The summed E-state index contributed by atoms with van der Waals surface area (Å²) < 4.78 is 10.5. The third-order valence-electron chi connectivity index (χ3n) is 3.88. The molecule has 0 aliphatic heterocycles. The third-order valence-corrected chi connectivity index (χ3v) is 3.88. The fourth-order valence-electron chi connectivity index (χ4n) is 2.45. The Hall–Kier alpha value is -3.55. The molecule has 8 heteroatoms. The average molecular weight is 384 g/mol. The molecule has 0 fully saturated rings. The molecule has 28 heavy (non-hydrogen) atoms. The highest BCUT2D eigenvalue weighted by molar-refractivity contribution is 5.96. The molecule has 148 valence electrons. The first-order valence-corrected chi connectivity index (χ1v) is 8.53. The minimum Gasteiger partial charge on any atom is -0.489 e. The SMILES string of the molecule is COC(=O)Cc1ccc(OCc2ccc(N=C(N)N)cc2)cc1C(=O)N(C)C. The van der Waals surface area contributed by atoms with Crippen molar-refractivity contribution in [1.82, 2.24) is 4.90 Å². The first-order chi connectivity index (χ1) is 13.3. The summed E-state index contributed by atoms with van der Waals surface area (Å²) >= 11 is 0. The van der Waals surface area contributed by atoms with E-state index in [1.165, 1.54) is 12.0 Å². The molecule has 0 bridgehead atoms. The monoisotopic (exact) mass is 384 g/mol. The second-order valence-electron chi connectivity index (χ2n) is 6.26. The molecule has 1 amide bonds. The number of esters is 1. The lowest BCUT2D eigenvalue weighted by atomic mass is 10.0. The van der Waals surface area contributed by atoms with Gasteiger partial charge in [0.1, 0.15) is 12.4 Å². The molecule has 8 nitrogen and oxygen atoms in total. The van der Waals surface area contributed by atoms with Gasteiger partial charge in [0.2, 0.25) is 0 Å². The molecule has 0 aliphatic carbocycles. The quantitative estimate of drug-likeness (QED) is 0.425. The second-order valence-corrected chi connectivity index (χ2v) is 6.26. The van der Waals surface area contributed by atoms with Crippen LogP contribution in [0, 0.1) is 0 Å². The summed E-state index contributed by atoms with van der Waals surface area (Å²) in [6.07, 6.45) is 0.0119. The van der Waals surface area contributed by atoms with Gasteiger partial charge in [-0.05, 0) is 35.4 Å². The van der Waals surface area contributed by atoms with E-state index in [9.17, 15) is 9.59 Å². The first-order valence-electron chi connectivity index (χ1n) is 8.53. The number of benzene rings is 2.